The first kappa shape index (κ1) is 6.07. The smallest absolute Gasteiger partial charge is 0.237 e. The van der Waals surface area contributed by atoms with Gasteiger partial charge in [-0.3, -0.25) is 5.41 Å². The summed E-state index contributed by atoms with van der Waals surface area (Å²) in [4.78, 5) is 3.07. The van der Waals surface area contributed by atoms with Gasteiger partial charge in [0.2, 0.25) is 5.97 Å². The molecule has 0 bridgehead atoms. The minimum atomic E-state index is -1.62. The van der Waals surface area contributed by atoms with Crippen molar-refractivity contribution >= 4 is 11.7 Å². The van der Waals surface area contributed by atoms with Crippen LogP contribution in [0.2, 0.25) is 0 Å². The summed E-state index contributed by atoms with van der Waals surface area (Å²) in [6, 6.07) is 0. The molecule has 9 heavy (non-hydrogen) atoms. The first-order chi connectivity index (χ1) is 4.22. The van der Waals surface area contributed by atoms with Crippen LogP contribution in [0.4, 0.5) is 8.78 Å². The third-order valence-electron chi connectivity index (χ3n) is 0.941. The Morgan fingerprint density at radius 2 is 2.33 bits per heavy atom. The van der Waals surface area contributed by atoms with Crippen LogP contribution in [-0.2, 0) is 0 Å². The average molecular weight is 130 g/mol. The van der Waals surface area contributed by atoms with Crippen LogP contribution in [0.5, 0.6) is 0 Å². The molecule has 1 rings (SSSR count). The Hall–Kier alpha value is -1.06. The van der Waals surface area contributed by atoms with Crippen molar-refractivity contribution in [3.63, 3.8) is 0 Å². The molecule has 4 heteroatoms. The number of allylic oxidation sites excluding steroid dienone is 1. The van der Waals surface area contributed by atoms with Crippen molar-refractivity contribution in [2.45, 2.75) is 6.17 Å². The van der Waals surface area contributed by atoms with Gasteiger partial charge in [0.15, 0.2) is 6.17 Å². The number of alkyl halides is 1. The first-order valence-corrected chi connectivity index (χ1v) is 2.34. The summed E-state index contributed by atoms with van der Waals surface area (Å²) in [6.07, 6.45) is 0.409. The Balaban J connectivity index is 2.86. The Bertz CT molecular complexity index is 195. The van der Waals surface area contributed by atoms with Crippen molar-refractivity contribution in [2.75, 3.05) is 0 Å². The van der Waals surface area contributed by atoms with Gasteiger partial charge in [0.25, 0.3) is 0 Å². The molecule has 0 unspecified atom stereocenters. The van der Waals surface area contributed by atoms with Crippen LogP contribution < -0.4 is 0 Å². The monoisotopic (exact) mass is 130 g/mol. The van der Waals surface area contributed by atoms with E-state index in [4.69, 9.17) is 5.41 Å². The van der Waals surface area contributed by atoms with Crippen LogP contribution in [0.1, 0.15) is 0 Å². The van der Waals surface area contributed by atoms with E-state index in [1.807, 2.05) is 0 Å². The molecule has 0 fully saturated rings. The van der Waals surface area contributed by atoms with E-state index in [-0.39, 0.29) is 0 Å². The minimum Gasteiger partial charge on any atom is -0.297 e. The molecule has 0 saturated carbocycles. The average Bonchev–Trinajstić information content (AvgIpc) is 1.83. The number of aliphatic imine (C=N–C) groups is 1. The Morgan fingerprint density at radius 3 is 2.78 bits per heavy atom. The Labute approximate surface area is 50.4 Å². The SMILES string of the molecule is N=C1C(F)=NC=C[C@@H]1F. The highest BCUT2D eigenvalue weighted by Crippen LogP contribution is 2.04. The Kier molecular flexibility index (Phi) is 1.38. The molecule has 0 aromatic rings. The minimum absolute atomic E-state index is 0.697. The van der Waals surface area contributed by atoms with Crippen LogP contribution in [0.15, 0.2) is 17.3 Å². The maximum atomic E-state index is 12.2. The summed E-state index contributed by atoms with van der Waals surface area (Å²) in [6.45, 7) is 0. The topological polar surface area (TPSA) is 36.2 Å². The van der Waals surface area contributed by atoms with Crippen LogP contribution in [0, 0.1) is 5.41 Å². The van der Waals surface area contributed by atoms with Crippen molar-refractivity contribution in [1.29, 1.82) is 5.41 Å². The lowest BCUT2D eigenvalue weighted by molar-refractivity contribution is 0.489. The molecule has 48 valence electrons. The van der Waals surface area contributed by atoms with Gasteiger partial charge < -0.3 is 0 Å². The quantitative estimate of drug-likeness (QED) is 0.512. The number of nitrogens with zero attached hydrogens (tertiary/aromatic N) is 1. The second kappa shape index (κ2) is 2.05. The number of hydrogen-bond acceptors (Lipinski definition) is 2. The van der Waals surface area contributed by atoms with Crippen molar-refractivity contribution in [1.82, 2.24) is 0 Å². The molecular formula is C5H4F2N2. The lowest BCUT2D eigenvalue weighted by atomic mass is 10.2. The highest BCUT2D eigenvalue weighted by atomic mass is 19.1. The summed E-state index contributed by atoms with van der Waals surface area (Å²) in [5.41, 5.74) is -0.697. The van der Waals surface area contributed by atoms with Gasteiger partial charge >= 0.3 is 0 Å². The zero-order chi connectivity index (χ0) is 6.85. The predicted octanol–water partition coefficient (Wildman–Crippen LogP) is 1.24. The molecule has 1 heterocycles. The van der Waals surface area contributed by atoms with Gasteiger partial charge in [-0.25, -0.2) is 9.38 Å². The molecule has 1 N–H and O–H groups in total. The standard InChI is InChI=1S/C5H4F2N2/c6-3-1-2-9-5(7)4(3)8/h1-3,8H/t3-/m0/s1. The summed E-state index contributed by atoms with van der Waals surface area (Å²) in [7, 11) is 0. The van der Waals surface area contributed by atoms with Gasteiger partial charge in [-0.1, -0.05) is 0 Å². The summed E-state index contributed by atoms with van der Waals surface area (Å²) >= 11 is 0. The van der Waals surface area contributed by atoms with E-state index >= 15 is 0 Å². The van der Waals surface area contributed by atoms with Crippen molar-refractivity contribution in [2.24, 2.45) is 4.99 Å². The fraction of sp³-hybridized carbons (Fsp3) is 0.200. The lowest BCUT2D eigenvalue weighted by Gasteiger charge is -2.03. The summed E-state index contributed by atoms with van der Waals surface area (Å²) in [5, 5.41) is 6.67. The van der Waals surface area contributed by atoms with Gasteiger partial charge in [-0.05, 0) is 6.08 Å². The van der Waals surface area contributed by atoms with E-state index in [2.05, 4.69) is 4.99 Å². The highest BCUT2D eigenvalue weighted by Gasteiger charge is 2.18. The van der Waals surface area contributed by atoms with Crippen molar-refractivity contribution in [3.8, 4) is 0 Å². The molecule has 1 aliphatic heterocycles. The largest absolute Gasteiger partial charge is 0.297 e. The second-order valence-electron chi connectivity index (χ2n) is 1.58. The fourth-order valence-corrected chi connectivity index (χ4v) is 0.464. The van der Waals surface area contributed by atoms with E-state index in [0.29, 0.717) is 0 Å². The molecule has 1 atom stereocenters. The van der Waals surface area contributed by atoms with Crippen molar-refractivity contribution in [3.05, 3.63) is 12.3 Å². The van der Waals surface area contributed by atoms with E-state index in [9.17, 15) is 8.78 Å². The van der Waals surface area contributed by atoms with Crippen LogP contribution in [-0.4, -0.2) is 17.8 Å². The zero-order valence-corrected chi connectivity index (χ0v) is 4.44. The molecule has 0 aromatic heterocycles. The molecule has 0 aliphatic carbocycles. The van der Waals surface area contributed by atoms with Gasteiger partial charge in [0, 0.05) is 6.20 Å². The number of rotatable bonds is 0. The second-order valence-corrected chi connectivity index (χ2v) is 1.58. The number of halogens is 2. The third-order valence-corrected chi connectivity index (χ3v) is 0.941. The van der Waals surface area contributed by atoms with Crippen molar-refractivity contribution < 1.29 is 8.78 Å². The molecule has 0 aromatic carbocycles. The number of hydrogen-bond donors (Lipinski definition) is 1. The highest BCUT2D eigenvalue weighted by molar-refractivity contribution is 6.40. The van der Waals surface area contributed by atoms with Gasteiger partial charge in [0.1, 0.15) is 5.71 Å². The molecule has 0 saturated heterocycles. The first-order valence-electron chi connectivity index (χ1n) is 2.34. The predicted molar refractivity (Wildman–Crippen MR) is 30.3 cm³/mol. The number of nitrogens with one attached hydrogen (secondary N) is 1. The maximum Gasteiger partial charge on any atom is 0.237 e. The maximum absolute atomic E-state index is 12.2. The fourth-order valence-electron chi connectivity index (χ4n) is 0.464. The third kappa shape index (κ3) is 1.01. The molecule has 0 amide bonds. The van der Waals surface area contributed by atoms with E-state index in [1.165, 1.54) is 0 Å². The summed E-state index contributed by atoms with van der Waals surface area (Å²) < 4.78 is 24.3. The lowest BCUT2D eigenvalue weighted by Crippen LogP contribution is -2.21. The zero-order valence-electron chi connectivity index (χ0n) is 4.44. The molecular weight excluding hydrogens is 126 g/mol. The van der Waals surface area contributed by atoms with Gasteiger partial charge in [-0.15, -0.1) is 0 Å². The van der Waals surface area contributed by atoms with Crippen LogP contribution >= 0.6 is 0 Å². The van der Waals surface area contributed by atoms with Gasteiger partial charge in [0.05, 0.1) is 0 Å². The molecule has 1 aliphatic rings. The molecule has 2 nitrogen and oxygen atoms in total. The van der Waals surface area contributed by atoms with E-state index in [1.54, 1.807) is 0 Å². The van der Waals surface area contributed by atoms with Crippen LogP contribution in [0.25, 0.3) is 0 Å². The molecule has 0 radical (unpaired) electrons. The summed E-state index contributed by atoms with van der Waals surface area (Å²) in [5.74, 6) is -1.04. The molecule has 0 spiro atoms. The van der Waals surface area contributed by atoms with Crippen LogP contribution in [0.3, 0.4) is 0 Å². The van der Waals surface area contributed by atoms with E-state index < -0.39 is 17.8 Å². The Morgan fingerprint density at radius 1 is 1.67 bits per heavy atom. The van der Waals surface area contributed by atoms with E-state index in [0.717, 1.165) is 12.3 Å². The van der Waals surface area contributed by atoms with Gasteiger partial charge in [-0.2, -0.15) is 4.39 Å². The normalized spacial score (nSPS) is 26.2.